The van der Waals surface area contributed by atoms with Gasteiger partial charge in [0.1, 0.15) is 6.61 Å². The van der Waals surface area contributed by atoms with Crippen molar-refractivity contribution in [2.24, 2.45) is 0 Å². The fraction of sp³-hybridized carbons (Fsp3) is 0.273. The molecule has 0 aliphatic heterocycles. The molecule has 1 rings (SSSR count). The molecule has 0 aromatic carbocycles. The van der Waals surface area contributed by atoms with E-state index >= 15 is 0 Å². The molecule has 0 saturated heterocycles. The molecule has 1 heteroatoms. The highest BCUT2D eigenvalue weighted by Crippen LogP contribution is 2.06. The zero-order chi connectivity index (χ0) is 8.65. The van der Waals surface area contributed by atoms with Crippen LogP contribution in [-0.2, 0) is 4.74 Å². The van der Waals surface area contributed by atoms with Gasteiger partial charge in [0.25, 0.3) is 0 Å². The van der Waals surface area contributed by atoms with Crippen molar-refractivity contribution in [3.63, 3.8) is 0 Å². The van der Waals surface area contributed by atoms with E-state index in [9.17, 15) is 0 Å². The van der Waals surface area contributed by atoms with Crippen molar-refractivity contribution in [3.05, 3.63) is 36.0 Å². The summed E-state index contributed by atoms with van der Waals surface area (Å²) in [5.74, 6) is 2.44. The molecular formula is C11H12O. The molecular weight excluding hydrogens is 148 g/mol. The highest BCUT2D eigenvalue weighted by molar-refractivity contribution is 5.23. The summed E-state index contributed by atoms with van der Waals surface area (Å²) in [4.78, 5) is 0. The van der Waals surface area contributed by atoms with E-state index in [1.54, 1.807) is 0 Å². The quantitative estimate of drug-likeness (QED) is 0.453. The molecule has 0 radical (unpaired) electrons. The van der Waals surface area contributed by atoms with Gasteiger partial charge in [-0.25, -0.2) is 0 Å². The normalized spacial score (nSPS) is 15.1. The topological polar surface area (TPSA) is 9.23 Å². The van der Waals surface area contributed by atoms with E-state index in [2.05, 4.69) is 18.1 Å². The maximum absolute atomic E-state index is 5.21. The fourth-order valence-electron chi connectivity index (χ4n) is 0.970. The minimum atomic E-state index is 0.394. The van der Waals surface area contributed by atoms with Crippen LogP contribution in [0.3, 0.4) is 0 Å². The first-order valence-electron chi connectivity index (χ1n) is 3.96. The van der Waals surface area contributed by atoms with E-state index in [0.29, 0.717) is 13.2 Å². The van der Waals surface area contributed by atoms with Gasteiger partial charge in [0.05, 0.1) is 6.61 Å². The summed E-state index contributed by atoms with van der Waals surface area (Å²) in [6.07, 6.45) is 16.2. The van der Waals surface area contributed by atoms with Gasteiger partial charge < -0.3 is 4.74 Å². The van der Waals surface area contributed by atoms with Crippen LogP contribution < -0.4 is 0 Å². The zero-order valence-corrected chi connectivity index (χ0v) is 6.99. The van der Waals surface area contributed by atoms with Crippen LogP contribution in [-0.4, -0.2) is 13.2 Å². The molecule has 0 aromatic heterocycles. The summed E-state index contributed by atoms with van der Waals surface area (Å²) in [5, 5.41) is 0. The monoisotopic (exact) mass is 160 g/mol. The number of terminal acetylenes is 1. The number of hydrogen-bond donors (Lipinski definition) is 0. The van der Waals surface area contributed by atoms with Crippen molar-refractivity contribution in [1.29, 1.82) is 0 Å². The third kappa shape index (κ3) is 3.23. The second-order valence-electron chi connectivity index (χ2n) is 2.54. The Hall–Kier alpha value is -1.26. The molecule has 62 valence electrons. The average Bonchev–Trinajstić information content (AvgIpc) is 2.33. The lowest BCUT2D eigenvalue weighted by molar-refractivity contribution is 0.191. The fourth-order valence-corrected chi connectivity index (χ4v) is 0.970. The minimum absolute atomic E-state index is 0.394. The van der Waals surface area contributed by atoms with E-state index in [1.807, 2.05) is 18.2 Å². The van der Waals surface area contributed by atoms with Crippen molar-refractivity contribution in [2.45, 2.75) is 6.42 Å². The summed E-state index contributed by atoms with van der Waals surface area (Å²) < 4.78 is 5.21. The van der Waals surface area contributed by atoms with E-state index in [1.165, 1.54) is 5.57 Å². The Kier molecular flexibility index (Phi) is 3.97. The second kappa shape index (κ2) is 5.40. The summed E-state index contributed by atoms with van der Waals surface area (Å²) >= 11 is 0. The first-order valence-corrected chi connectivity index (χ1v) is 3.96. The molecule has 0 atom stereocenters. The van der Waals surface area contributed by atoms with Gasteiger partial charge in [0.2, 0.25) is 0 Å². The standard InChI is InChI=1S/C11H12O/c1-2-9-12-10-11-7-5-3-4-6-8-11/h1,3-7H,8-10H2. The zero-order valence-electron chi connectivity index (χ0n) is 6.99. The van der Waals surface area contributed by atoms with E-state index in [0.717, 1.165) is 6.42 Å². The predicted octanol–water partition coefficient (Wildman–Crippen LogP) is 2.08. The van der Waals surface area contributed by atoms with Gasteiger partial charge in [0.15, 0.2) is 0 Å². The number of rotatable bonds is 3. The van der Waals surface area contributed by atoms with Gasteiger partial charge in [0, 0.05) is 0 Å². The number of ether oxygens (including phenoxy) is 1. The molecule has 0 saturated carbocycles. The molecule has 0 fully saturated rings. The molecule has 0 heterocycles. The van der Waals surface area contributed by atoms with Crippen molar-refractivity contribution in [1.82, 2.24) is 0 Å². The molecule has 1 aliphatic rings. The van der Waals surface area contributed by atoms with E-state index < -0.39 is 0 Å². The van der Waals surface area contributed by atoms with Crippen LogP contribution in [0.1, 0.15) is 6.42 Å². The lowest BCUT2D eigenvalue weighted by Crippen LogP contribution is -1.97. The molecule has 0 bridgehead atoms. The lowest BCUT2D eigenvalue weighted by Gasteiger charge is -2.01. The Labute approximate surface area is 73.4 Å². The van der Waals surface area contributed by atoms with Crippen LogP contribution in [0.2, 0.25) is 0 Å². The highest BCUT2D eigenvalue weighted by Gasteiger charge is 1.94. The Morgan fingerprint density at radius 1 is 1.42 bits per heavy atom. The third-order valence-corrected chi connectivity index (χ3v) is 1.54. The largest absolute Gasteiger partial charge is 0.364 e. The number of allylic oxidation sites excluding steroid dienone is 5. The Morgan fingerprint density at radius 2 is 2.33 bits per heavy atom. The Balaban J connectivity index is 2.32. The molecule has 0 aromatic rings. The molecule has 0 spiro atoms. The van der Waals surface area contributed by atoms with E-state index in [-0.39, 0.29) is 0 Å². The van der Waals surface area contributed by atoms with Gasteiger partial charge in [-0.3, -0.25) is 0 Å². The van der Waals surface area contributed by atoms with Gasteiger partial charge in [-0.1, -0.05) is 36.3 Å². The lowest BCUT2D eigenvalue weighted by atomic mass is 10.2. The first kappa shape index (κ1) is 8.83. The smallest absolute Gasteiger partial charge is 0.107 e. The maximum Gasteiger partial charge on any atom is 0.107 e. The molecule has 0 N–H and O–H groups in total. The summed E-state index contributed by atoms with van der Waals surface area (Å²) in [7, 11) is 0. The average molecular weight is 160 g/mol. The molecule has 1 nitrogen and oxygen atoms in total. The summed E-state index contributed by atoms with van der Waals surface area (Å²) in [5.41, 5.74) is 1.26. The predicted molar refractivity (Wildman–Crippen MR) is 50.6 cm³/mol. The SMILES string of the molecule is C#CCOCC1=CC=CC=CC1. The van der Waals surface area contributed by atoms with Gasteiger partial charge >= 0.3 is 0 Å². The molecule has 12 heavy (non-hydrogen) atoms. The van der Waals surface area contributed by atoms with Crippen LogP contribution in [0.25, 0.3) is 0 Å². The third-order valence-electron chi connectivity index (χ3n) is 1.54. The van der Waals surface area contributed by atoms with Crippen LogP contribution in [0.15, 0.2) is 36.0 Å². The van der Waals surface area contributed by atoms with Crippen LogP contribution >= 0.6 is 0 Å². The Bertz CT molecular complexity index is 251. The van der Waals surface area contributed by atoms with Gasteiger partial charge in [-0.05, 0) is 12.0 Å². The minimum Gasteiger partial charge on any atom is -0.364 e. The first-order chi connectivity index (χ1) is 5.93. The number of hydrogen-bond acceptors (Lipinski definition) is 1. The summed E-state index contributed by atoms with van der Waals surface area (Å²) in [6, 6.07) is 0. The van der Waals surface area contributed by atoms with Gasteiger partial charge in [-0.15, -0.1) is 6.42 Å². The van der Waals surface area contributed by atoms with Gasteiger partial charge in [-0.2, -0.15) is 0 Å². The van der Waals surface area contributed by atoms with Crippen LogP contribution in [0.5, 0.6) is 0 Å². The van der Waals surface area contributed by atoms with Crippen molar-refractivity contribution in [3.8, 4) is 12.3 Å². The second-order valence-corrected chi connectivity index (χ2v) is 2.54. The van der Waals surface area contributed by atoms with Crippen LogP contribution in [0, 0.1) is 12.3 Å². The van der Waals surface area contributed by atoms with Crippen molar-refractivity contribution in [2.75, 3.05) is 13.2 Å². The summed E-state index contributed by atoms with van der Waals surface area (Å²) in [6.45, 7) is 1.03. The van der Waals surface area contributed by atoms with E-state index in [4.69, 9.17) is 11.2 Å². The molecule has 0 unspecified atom stereocenters. The van der Waals surface area contributed by atoms with Crippen LogP contribution in [0.4, 0.5) is 0 Å². The van der Waals surface area contributed by atoms with Crippen molar-refractivity contribution >= 4 is 0 Å². The molecule has 0 amide bonds. The Morgan fingerprint density at radius 3 is 3.17 bits per heavy atom. The molecule has 1 aliphatic carbocycles. The maximum atomic E-state index is 5.21. The van der Waals surface area contributed by atoms with Crippen molar-refractivity contribution < 1.29 is 4.74 Å². The highest BCUT2D eigenvalue weighted by atomic mass is 16.5.